The summed E-state index contributed by atoms with van der Waals surface area (Å²) in [5.41, 5.74) is 1.43. The van der Waals surface area contributed by atoms with Gasteiger partial charge >= 0.3 is 5.97 Å². The van der Waals surface area contributed by atoms with Crippen molar-refractivity contribution < 1.29 is 28.8 Å². The summed E-state index contributed by atoms with van der Waals surface area (Å²) in [5, 5.41) is 12.5. The highest BCUT2D eigenvalue weighted by Crippen LogP contribution is 2.38. The van der Waals surface area contributed by atoms with Crippen molar-refractivity contribution in [1.29, 1.82) is 0 Å². The van der Waals surface area contributed by atoms with Gasteiger partial charge in [-0.15, -0.1) is 0 Å². The smallest absolute Gasteiger partial charge is 0.347 e. The van der Waals surface area contributed by atoms with E-state index in [0.717, 1.165) is 10.8 Å². The van der Waals surface area contributed by atoms with Gasteiger partial charge in [0, 0.05) is 35.3 Å². The average molecular weight is 443 g/mol. The molecule has 1 aliphatic carbocycles. The maximum Gasteiger partial charge on any atom is 0.347 e. The van der Waals surface area contributed by atoms with Gasteiger partial charge in [-0.05, 0) is 40.6 Å². The van der Waals surface area contributed by atoms with Crippen LogP contribution in [-0.2, 0) is 20.9 Å². The second kappa shape index (κ2) is 7.98. The van der Waals surface area contributed by atoms with Crippen molar-refractivity contribution in [3.8, 4) is 0 Å². The van der Waals surface area contributed by atoms with Gasteiger partial charge in [0.1, 0.15) is 6.61 Å². The van der Waals surface area contributed by atoms with Crippen LogP contribution in [-0.4, -0.2) is 28.6 Å². The lowest BCUT2D eigenvalue weighted by molar-refractivity contribution is -0.384. The molecule has 0 bridgehead atoms. The lowest BCUT2D eigenvalue weighted by atomic mass is 9.74. The molecule has 0 saturated heterocycles. The number of rotatable bonds is 4. The number of nitro groups is 1. The second-order valence-corrected chi connectivity index (χ2v) is 7.96. The monoisotopic (exact) mass is 443 g/mol. The molecule has 33 heavy (non-hydrogen) atoms. The van der Waals surface area contributed by atoms with Gasteiger partial charge in [0.2, 0.25) is 0 Å². The van der Waals surface area contributed by atoms with Crippen molar-refractivity contribution in [1.82, 2.24) is 0 Å². The third-order valence-corrected chi connectivity index (χ3v) is 5.95. The standard InChI is InChI=1S/C25H17NO7/c27-23-18-9-15-3-1-2-4-16(15)10-19(18)24(28)21-13-32-22(11-20(21)23)25(29)33-12-14-5-7-17(8-6-14)26(30)31/h1-10,13,20,22H,11-12H2. The highest BCUT2D eigenvalue weighted by Gasteiger charge is 2.43. The predicted molar refractivity (Wildman–Crippen MR) is 117 cm³/mol. The van der Waals surface area contributed by atoms with Gasteiger partial charge in [-0.2, -0.15) is 0 Å². The molecule has 0 spiro atoms. The molecule has 1 aliphatic heterocycles. The number of fused-ring (bicyclic) bond motifs is 3. The zero-order valence-electron chi connectivity index (χ0n) is 17.2. The fourth-order valence-corrected chi connectivity index (χ4v) is 4.18. The first-order valence-corrected chi connectivity index (χ1v) is 10.3. The van der Waals surface area contributed by atoms with E-state index < -0.39 is 22.9 Å². The molecule has 3 aromatic rings. The van der Waals surface area contributed by atoms with E-state index in [4.69, 9.17) is 9.47 Å². The minimum atomic E-state index is -1.03. The fourth-order valence-electron chi connectivity index (χ4n) is 4.18. The number of non-ortho nitro benzene ring substituents is 1. The molecule has 0 saturated carbocycles. The summed E-state index contributed by atoms with van der Waals surface area (Å²) in [5.74, 6) is -1.96. The summed E-state index contributed by atoms with van der Waals surface area (Å²) in [6.07, 6.45) is 0.169. The fraction of sp³-hybridized carbons (Fsp3) is 0.160. The van der Waals surface area contributed by atoms with Crippen LogP contribution in [0.4, 0.5) is 5.69 Å². The number of ether oxygens (including phenoxy) is 2. The lowest BCUT2D eigenvalue weighted by Crippen LogP contribution is -2.39. The predicted octanol–water partition coefficient (Wildman–Crippen LogP) is 4.16. The molecule has 5 rings (SSSR count). The van der Waals surface area contributed by atoms with Crippen molar-refractivity contribution >= 4 is 34.0 Å². The molecular weight excluding hydrogens is 426 g/mol. The van der Waals surface area contributed by atoms with Gasteiger partial charge in [0.05, 0.1) is 17.1 Å². The molecule has 0 N–H and O–H groups in total. The molecule has 0 aromatic heterocycles. The number of carbonyl (C=O) groups excluding carboxylic acids is 3. The maximum atomic E-state index is 13.2. The van der Waals surface area contributed by atoms with Gasteiger partial charge in [-0.3, -0.25) is 19.7 Å². The van der Waals surface area contributed by atoms with Crippen LogP contribution in [0.1, 0.15) is 32.7 Å². The van der Waals surface area contributed by atoms with E-state index in [2.05, 4.69) is 0 Å². The number of ketones is 2. The third kappa shape index (κ3) is 3.65. The zero-order chi connectivity index (χ0) is 23.1. The zero-order valence-corrected chi connectivity index (χ0v) is 17.2. The summed E-state index contributed by atoms with van der Waals surface area (Å²) in [6, 6.07) is 16.6. The summed E-state index contributed by atoms with van der Waals surface area (Å²) >= 11 is 0. The lowest BCUT2D eigenvalue weighted by Gasteiger charge is -2.31. The molecule has 3 aromatic carbocycles. The van der Waals surface area contributed by atoms with Crippen molar-refractivity contribution in [2.45, 2.75) is 19.1 Å². The molecule has 2 aliphatic rings. The maximum absolute atomic E-state index is 13.2. The third-order valence-electron chi connectivity index (χ3n) is 5.95. The van der Waals surface area contributed by atoms with Crippen molar-refractivity contribution in [2.75, 3.05) is 0 Å². The largest absolute Gasteiger partial charge is 0.486 e. The van der Waals surface area contributed by atoms with E-state index in [0.29, 0.717) is 16.7 Å². The molecule has 0 radical (unpaired) electrons. The molecule has 164 valence electrons. The summed E-state index contributed by atoms with van der Waals surface area (Å²) in [7, 11) is 0. The molecule has 2 unspecified atom stereocenters. The minimum Gasteiger partial charge on any atom is -0.486 e. The molecule has 0 amide bonds. The van der Waals surface area contributed by atoms with E-state index in [1.165, 1.54) is 30.5 Å². The summed E-state index contributed by atoms with van der Waals surface area (Å²) in [4.78, 5) is 49.0. The molecule has 0 fully saturated rings. The van der Waals surface area contributed by atoms with Gasteiger partial charge in [0.15, 0.2) is 17.7 Å². The first kappa shape index (κ1) is 20.6. The Morgan fingerprint density at radius 1 is 1.03 bits per heavy atom. The Hall–Kier alpha value is -4.33. The van der Waals surface area contributed by atoms with Crippen LogP contribution in [0.5, 0.6) is 0 Å². The summed E-state index contributed by atoms with van der Waals surface area (Å²) < 4.78 is 10.7. The van der Waals surface area contributed by atoms with Crippen molar-refractivity contribution in [3.63, 3.8) is 0 Å². The second-order valence-electron chi connectivity index (χ2n) is 7.96. The Kier molecular flexibility index (Phi) is 4.97. The van der Waals surface area contributed by atoms with Gasteiger partial charge in [0.25, 0.3) is 5.69 Å². The van der Waals surface area contributed by atoms with Crippen LogP contribution >= 0.6 is 0 Å². The number of Topliss-reactive ketones (excluding diaryl/α,β-unsaturated/α-hetero) is 2. The normalized spacial score (nSPS) is 19.2. The first-order valence-electron chi connectivity index (χ1n) is 10.3. The molecule has 8 heteroatoms. The first-order chi connectivity index (χ1) is 15.9. The number of benzene rings is 3. The quantitative estimate of drug-likeness (QED) is 0.338. The highest BCUT2D eigenvalue weighted by atomic mass is 16.6. The van der Waals surface area contributed by atoms with Crippen LogP contribution in [0.15, 0.2) is 72.5 Å². The van der Waals surface area contributed by atoms with Gasteiger partial charge in [-0.1, -0.05) is 24.3 Å². The van der Waals surface area contributed by atoms with E-state index in [1.807, 2.05) is 24.3 Å². The number of allylic oxidation sites excluding steroid dienone is 1. The minimum absolute atomic E-state index is 0.00175. The number of hydrogen-bond donors (Lipinski definition) is 0. The van der Waals surface area contributed by atoms with E-state index in [9.17, 15) is 24.5 Å². The Labute approximate surface area is 187 Å². The van der Waals surface area contributed by atoms with Crippen molar-refractivity contribution in [2.24, 2.45) is 5.92 Å². The Balaban J connectivity index is 1.33. The number of hydrogen-bond acceptors (Lipinski definition) is 7. The van der Waals surface area contributed by atoms with E-state index in [-0.39, 0.29) is 35.9 Å². The average Bonchev–Trinajstić information content (AvgIpc) is 2.84. The number of nitrogens with zero attached hydrogens (tertiary/aromatic N) is 1. The molecular formula is C25H17NO7. The molecule has 2 atom stereocenters. The van der Waals surface area contributed by atoms with Crippen LogP contribution in [0, 0.1) is 16.0 Å². The SMILES string of the molecule is O=C1C2=COC(C(=O)OCc3ccc([N+](=O)[O-])cc3)CC2C(=O)c2cc3ccccc3cc21. The van der Waals surface area contributed by atoms with Crippen LogP contribution < -0.4 is 0 Å². The highest BCUT2D eigenvalue weighted by molar-refractivity contribution is 6.25. The van der Waals surface area contributed by atoms with Crippen LogP contribution in [0.3, 0.4) is 0 Å². The van der Waals surface area contributed by atoms with Crippen molar-refractivity contribution in [3.05, 3.63) is 99.3 Å². The number of nitro benzene ring substituents is 1. The topological polar surface area (TPSA) is 113 Å². The number of carbonyl (C=O) groups is 3. The van der Waals surface area contributed by atoms with E-state index in [1.54, 1.807) is 12.1 Å². The Morgan fingerprint density at radius 3 is 2.36 bits per heavy atom. The van der Waals surface area contributed by atoms with E-state index >= 15 is 0 Å². The number of esters is 1. The van der Waals surface area contributed by atoms with Crippen LogP contribution in [0.2, 0.25) is 0 Å². The van der Waals surface area contributed by atoms with Crippen LogP contribution in [0.25, 0.3) is 10.8 Å². The Morgan fingerprint density at radius 2 is 1.70 bits per heavy atom. The molecule has 8 nitrogen and oxygen atoms in total. The summed E-state index contributed by atoms with van der Waals surface area (Å²) in [6.45, 7) is -0.0976. The van der Waals surface area contributed by atoms with Gasteiger partial charge < -0.3 is 9.47 Å². The Bertz CT molecular complexity index is 1360. The molecule has 1 heterocycles. The van der Waals surface area contributed by atoms with Gasteiger partial charge in [-0.25, -0.2) is 4.79 Å².